The van der Waals surface area contributed by atoms with Gasteiger partial charge in [0.25, 0.3) is 0 Å². The van der Waals surface area contributed by atoms with Gasteiger partial charge in [0.1, 0.15) is 0 Å². The van der Waals surface area contributed by atoms with Crippen LogP contribution in [0, 0.1) is 0 Å². The van der Waals surface area contributed by atoms with E-state index in [0.717, 1.165) is 12.8 Å². The van der Waals surface area contributed by atoms with Crippen LogP contribution in [0.2, 0.25) is 0 Å². The van der Waals surface area contributed by atoms with Crippen molar-refractivity contribution in [3.05, 3.63) is 83.4 Å². The molecule has 0 radical (unpaired) electrons. The zero-order valence-electron chi connectivity index (χ0n) is 11.3. The van der Waals surface area contributed by atoms with Crippen molar-refractivity contribution in [3.8, 4) is 0 Å². The van der Waals surface area contributed by atoms with Crippen molar-refractivity contribution in [2.24, 2.45) is 0 Å². The molecule has 1 aliphatic rings. The minimum atomic E-state index is 1.09. The molecule has 0 nitrogen and oxygen atoms in total. The van der Waals surface area contributed by atoms with Crippen molar-refractivity contribution < 1.29 is 0 Å². The van der Waals surface area contributed by atoms with Gasteiger partial charge in [-0.2, -0.15) is 0 Å². The molecule has 0 aliphatic heterocycles. The lowest BCUT2D eigenvalue weighted by Gasteiger charge is -2.04. The number of hydrogen-bond acceptors (Lipinski definition) is 0. The van der Waals surface area contributed by atoms with Gasteiger partial charge in [-0.05, 0) is 35.1 Å². The third-order valence-electron chi connectivity index (χ3n) is 3.76. The first-order valence-electron chi connectivity index (χ1n) is 6.92. The molecule has 2 aromatic carbocycles. The minimum absolute atomic E-state index is 1.09. The van der Waals surface area contributed by atoms with Crippen LogP contribution in [0.3, 0.4) is 0 Å². The van der Waals surface area contributed by atoms with E-state index in [2.05, 4.69) is 73.7 Å². The Balaban J connectivity index is 1.99. The molecule has 94 valence electrons. The van der Waals surface area contributed by atoms with Crippen LogP contribution in [0.1, 0.15) is 30.9 Å². The molecule has 1 aliphatic carbocycles. The largest absolute Gasteiger partial charge is 0.0622 e. The molecule has 0 heterocycles. The number of rotatable bonds is 3. The molecule has 0 aromatic heterocycles. The Labute approximate surface area is 115 Å². The normalized spacial score (nSPS) is 14.7. The summed E-state index contributed by atoms with van der Waals surface area (Å²) in [6.07, 6.45) is 4.57. The summed E-state index contributed by atoms with van der Waals surface area (Å²) in [4.78, 5) is 0. The average Bonchev–Trinajstić information content (AvgIpc) is 2.93. The molecule has 2 aromatic rings. The lowest BCUT2D eigenvalue weighted by atomic mass is 10.0. The van der Waals surface area contributed by atoms with Gasteiger partial charge in [0.15, 0.2) is 0 Å². The SMILES string of the molecule is CCC1=C(c2ccccc2)C=C(c2ccccc2)C1. The Hall–Kier alpha value is -2.08. The van der Waals surface area contributed by atoms with E-state index in [1.807, 2.05) is 0 Å². The van der Waals surface area contributed by atoms with Crippen molar-refractivity contribution in [1.82, 2.24) is 0 Å². The van der Waals surface area contributed by atoms with Crippen LogP contribution in [-0.2, 0) is 0 Å². The Morgan fingerprint density at radius 3 is 1.95 bits per heavy atom. The van der Waals surface area contributed by atoms with Crippen LogP contribution in [0.4, 0.5) is 0 Å². The van der Waals surface area contributed by atoms with Crippen molar-refractivity contribution >= 4 is 11.1 Å². The maximum atomic E-state index is 2.36. The summed E-state index contributed by atoms with van der Waals surface area (Å²) >= 11 is 0. The van der Waals surface area contributed by atoms with Crippen molar-refractivity contribution in [2.45, 2.75) is 19.8 Å². The molecule has 0 atom stereocenters. The van der Waals surface area contributed by atoms with Crippen LogP contribution >= 0.6 is 0 Å². The Morgan fingerprint density at radius 2 is 1.37 bits per heavy atom. The van der Waals surface area contributed by atoms with Crippen LogP contribution < -0.4 is 0 Å². The molecule has 0 heteroatoms. The smallest absolute Gasteiger partial charge is 0.00518 e. The van der Waals surface area contributed by atoms with E-state index < -0.39 is 0 Å². The van der Waals surface area contributed by atoms with Crippen molar-refractivity contribution in [3.63, 3.8) is 0 Å². The van der Waals surface area contributed by atoms with E-state index in [4.69, 9.17) is 0 Å². The van der Waals surface area contributed by atoms with E-state index in [1.54, 1.807) is 5.57 Å². The highest BCUT2D eigenvalue weighted by Gasteiger charge is 2.16. The van der Waals surface area contributed by atoms with Crippen LogP contribution in [0.5, 0.6) is 0 Å². The van der Waals surface area contributed by atoms with E-state index in [1.165, 1.54) is 22.3 Å². The van der Waals surface area contributed by atoms with Crippen LogP contribution in [-0.4, -0.2) is 0 Å². The molecule has 0 fully saturated rings. The number of allylic oxidation sites excluding steroid dienone is 4. The highest BCUT2D eigenvalue weighted by molar-refractivity contribution is 5.91. The Morgan fingerprint density at radius 1 is 0.789 bits per heavy atom. The van der Waals surface area contributed by atoms with E-state index >= 15 is 0 Å². The summed E-state index contributed by atoms with van der Waals surface area (Å²) in [5.74, 6) is 0. The Kier molecular flexibility index (Phi) is 3.33. The fraction of sp³-hybridized carbons (Fsp3) is 0.158. The van der Waals surface area contributed by atoms with Gasteiger partial charge in [0, 0.05) is 0 Å². The molecule has 3 rings (SSSR count). The van der Waals surface area contributed by atoms with Gasteiger partial charge < -0.3 is 0 Å². The first kappa shape index (κ1) is 12.0. The van der Waals surface area contributed by atoms with Crippen LogP contribution in [0.15, 0.2) is 72.3 Å². The quantitative estimate of drug-likeness (QED) is 0.686. The topological polar surface area (TPSA) is 0 Å². The monoisotopic (exact) mass is 246 g/mol. The molecule has 0 bridgehead atoms. The summed E-state index contributed by atoms with van der Waals surface area (Å²) in [6.45, 7) is 2.25. The minimum Gasteiger partial charge on any atom is -0.0622 e. The first-order valence-corrected chi connectivity index (χ1v) is 6.92. The van der Waals surface area contributed by atoms with Crippen molar-refractivity contribution in [2.75, 3.05) is 0 Å². The predicted molar refractivity (Wildman–Crippen MR) is 82.7 cm³/mol. The molecule has 19 heavy (non-hydrogen) atoms. The third-order valence-corrected chi connectivity index (χ3v) is 3.76. The summed E-state index contributed by atoms with van der Waals surface area (Å²) in [5, 5.41) is 0. The van der Waals surface area contributed by atoms with Gasteiger partial charge in [0.2, 0.25) is 0 Å². The standard InChI is InChI=1S/C19H18/c1-2-15-13-18(16-9-5-3-6-10-16)14-19(15)17-11-7-4-8-12-17/h3-12,14H,2,13H2,1H3. The summed E-state index contributed by atoms with van der Waals surface area (Å²) in [7, 11) is 0. The number of benzene rings is 2. The van der Waals surface area contributed by atoms with Crippen LogP contribution in [0.25, 0.3) is 11.1 Å². The number of hydrogen-bond donors (Lipinski definition) is 0. The molecular weight excluding hydrogens is 228 g/mol. The van der Waals surface area contributed by atoms with Gasteiger partial charge in [-0.25, -0.2) is 0 Å². The zero-order chi connectivity index (χ0) is 13.1. The van der Waals surface area contributed by atoms with Gasteiger partial charge in [-0.15, -0.1) is 0 Å². The van der Waals surface area contributed by atoms with Gasteiger partial charge >= 0.3 is 0 Å². The second-order valence-electron chi connectivity index (χ2n) is 4.95. The fourth-order valence-corrected chi connectivity index (χ4v) is 2.71. The highest BCUT2D eigenvalue weighted by Crippen LogP contribution is 2.38. The molecule has 0 N–H and O–H groups in total. The van der Waals surface area contributed by atoms with E-state index in [9.17, 15) is 0 Å². The summed E-state index contributed by atoms with van der Waals surface area (Å²) in [5.41, 5.74) is 7.09. The third kappa shape index (κ3) is 2.39. The molecule has 0 spiro atoms. The van der Waals surface area contributed by atoms with Crippen molar-refractivity contribution in [1.29, 1.82) is 0 Å². The molecular formula is C19H18. The average molecular weight is 246 g/mol. The molecule has 0 unspecified atom stereocenters. The summed E-state index contributed by atoms with van der Waals surface area (Å²) < 4.78 is 0. The van der Waals surface area contributed by atoms with Gasteiger partial charge in [-0.1, -0.05) is 79.2 Å². The maximum Gasteiger partial charge on any atom is -0.00518 e. The van der Waals surface area contributed by atoms with E-state index in [0.29, 0.717) is 0 Å². The van der Waals surface area contributed by atoms with Gasteiger partial charge in [0.05, 0.1) is 0 Å². The second kappa shape index (κ2) is 5.27. The summed E-state index contributed by atoms with van der Waals surface area (Å²) in [6, 6.07) is 21.4. The molecule has 0 saturated carbocycles. The highest BCUT2D eigenvalue weighted by atomic mass is 14.2. The predicted octanol–water partition coefficient (Wildman–Crippen LogP) is 5.34. The lowest BCUT2D eigenvalue weighted by molar-refractivity contribution is 1.06. The van der Waals surface area contributed by atoms with E-state index in [-0.39, 0.29) is 0 Å². The fourth-order valence-electron chi connectivity index (χ4n) is 2.71. The Bertz CT molecular complexity index is 616. The lowest BCUT2D eigenvalue weighted by Crippen LogP contribution is -1.84. The first-order chi connectivity index (χ1) is 9.38. The molecule has 0 amide bonds. The van der Waals surface area contributed by atoms with Gasteiger partial charge in [-0.3, -0.25) is 0 Å². The second-order valence-corrected chi connectivity index (χ2v) is 4.95. The maximum absolute atomic E-state index is 2.36. The molecule has 0 saturated heterocycles. The zero-order valence-corrected chi connectivity index (χ0v) is 11.3.